The summed E-state index contributed by atoms with van der Waals surface area (Å²) in [6, 6.07) is 0. The monoisotopic (exact) mass is 284 g/mol. The third-order valence-corrected chi connectivity index (χ3v) is 2.66. The van der Waals surface area contributed by atoms with E-state index in [-0.39, 0.29) is 6.42 Å². The van der Waals surface area contributed by atoms with E-state index in [1.807, 2.05) is 9.24 Å². The van der Waals surface area contributed by atoms with Crippen molar-refractivity contribution in [3.63, 3.8) is 0 Å². The Labute approximate surface area is 95.9 Å². The smallest absolute Gasteiger partial charge is 0.434 e. The van der Waals surface area contributed by atoms with E-state index in [0.29, 0.717) is 0 Å². The molecule has 0 fully saturated rings. The van der Waals surface area contributed by atoms with Gasteiger partial charge in [-0.15, -0.1) is 9.24 Å². The van der Waals surface area contributed by atoms with Crippen LogP contribution in [0.15, 0.2) is 0 Å². The van der Waals surface area contributed by atoms with Gasteiger partial charge in [0, 0.05) is 0 Å². The molecule has 0 aliphatic carbocycles. The molecule has 2 nitrogen and oxygen atoms in total. The topological polar surface area (TPSA) is 26.3 Å². The van der Waals surface area contributed by atoms with E-state index in [4.69, 9.17) is 0 Å². The summed E-state index contributed by atoms with van der Waals surface area (Å²) in [6.07, 6.45) is -15.4. The Morgan fingerprint density at radius 2 is 1.53 bits per heavy atom. The van der Waals surface area contributed by atoms with Crippen molar-refractivity contribution in [2.45, 2.75) is 43.9 Å². The van der Waals surface area contributed by atoms with Gasteiger partial charge in [0.25, 0.3) is 6.10 Å². The third kappa shape index (κ3) is 4.69. The lowest BCUT2D eigenvalue weighted by Crippen LogP contribution is -2.48. The molecule has 102 valence electrons. The molecule has 2 unspecified atom stereocenters. The third-order valence-electron chi connectivity index (χ3n) is 2.02. The van der Waals surface area contributed by atoms with E-state index in [0.717, 1.165) is 0 Å². The number of esters is 1. The molecule has 0 saturated carbocycles. The number of carbonyl (C=O) groups is 1. The van der Waals surface area contributed by atoms with Crippen LogP contribution in [0.3, 0.4) is 0 Å². The molecule has 0 spiro atoms. The summed E-state index contributed by atoms with van der Waals surface area (Å²) in [7, 11) is 1.87. The average molecular weight is 284 g/mol. The van der Waals surface area contributed by atoms with Crippen LogP contribution in [0.2, 0.25) is 0 Å². The fourth-order valence-electron chi connectivity index (χ4n) is 0.705. The highest BCUT2D eigenvalue weighted by Gasteiger charge is 2.60. The van der Waals surface area contributed by atoms with Gasteiger partial charge in [0.2, 0.25) is 0 Å². The van der Waals surface area contributed by atoms with E-state index in [9.17, 15) is 31.1 Å². The van der Waals surface area contributed by atoms with Crippen LogP contribution >= 0.6 is 9.24 Å². The lowest BCUT2D eigenvalue weighted by atomic mass is 10.1. The minimum atomic E-state index is -5.68. The largest absolute Gasteiger partial charge is 0.442 e. The van der Waals surface area contributed by atoms with E-state index in [1.54, 1.807) is 0 Å². The van der Waals surface area contributed by atoms with Crippen molar-refractivity contribution in [1.82, 2.24) is 0 Å². The van der Waals surface area contributed by atoms with E-state index >= 15 is 0 Å². The Morgan fingerprint density at radius 1 is 1.18 bits per heavy atom. The molecule has 0 bridgehead atoms. The fraction of sp³-hybridized carbons (Fsp3) is 0.875. The van der Waals surface area contributed by atoms with Gasteiger partial charge < -0.3 is 4.74 Å². The molecule has 0 heterocycles. The van der Waals surface area contributed by atoms with E-state index in [2.05, 4.69) is 4.74 Å². The van der Waals surface area contributed by atoms with Crippen LogP contribution in [0.5, 0.6) is 0 Å². The maximum Gasteiger partial charge on any atom is 0.434 e. The van der Waals surface area contributed by atoms with Gasteiger partial charge in [0.05, 0.1) is 5.16 Å². The highest BCUT2D eigenvalue weighted by atomic mass is 31.0. The first-order valence-electron chi connectivity index (χ1n) is 4.45. The molecular weight excluding hydrogens is 273 g/mol. The normalized spacial score (nSPS) is 16.8. The second-order valence-electron chi connectivity index (χ2n) is 3.64. The summed E-state index contributed by atoms with van der Waals surface area (Å²) < 4.78 is 75.9. The van der Waals surface area contributed by atoms with Crippen molar-refractivity contribution in [1.29, 1.82) is 0 Å². The maximum absolute atomic E-state index is 12.1. The predicted molar refractivity (Wildman–Crippen MR) is 50.4 cm³/mol. The zero-order valence-corrected chi connectivity index (χ0v) is 10.1. The number of ether oxygens (including phenoxy) is 1. The van der Waals surface area contributed by atoms with Crippen molar-refractivity contribution in [2.24, 2.45) is 0 Å². The summed E-state index contributed by atoms with van der Waals surface area (Å²) in [5.74, 6) is -1.57. The quantitative estimate of drug-likeness (QED) is 0.452. The number of hydrogen-bond donors (Lipinski definition) is 0. The molecule has 0 aromatic heterocycles. The van der Waals surface area contributed by atoms with Gasteiger partial charge in [-0.05, 0) is 13.3 Å². The van der Waals surface area contributed by atoms with Crippen LogP contribution in [0.1, 0.15) is 20.3 Å². The fourth-order valence-corrected chi connectivity index (χ4v) is 0.773. The van der Waals surface area contributed by atoms with E-state index in [1.165, 1.54) is 13.8 Å². The molecule has 0 N–H and O–H groups in total. The summed E-state index contributed by atoms with van der Waals surface area (Å²) in [6.45, 7) is 2.61. The second-order valence-corrected chi connectivity index (χ2v) is 4.91. The van der Waals surface area contributed by atoms with Gasteiger partial charge in [-0.2, -0.15) is 26.3 Å². The number of alkyl halides is 6. The molecule has 2 atom stereocenters. The molecule has 0 aliphatic rings. The van der Waals surface area contributed by atoms with Gasteiger partial charge >= 0.3 is 18.3 Å². The standard InChI is InChI=1S/C8H11F6O2P/c1-3-6(2,17)5(15)16-4(7(9,10)11)8(12,13)14/h4H,3,17H2,1-2H3. The summed E-state index contributed by atoms with van der Waals surface area (Å²) in [4.78, 5) is 11.2. The van der Waals surface area contributed by atoms with Crippen LogP contribution < -0.4 is 0 Å². The first-order valence-corrected chi connectivity index (χ1v) is 5.03. The molecule has 0 rings (SSSR count). The number of carbonyl (C=O) groups excluding carboxylic acids is 1. The van der Waals surface area contributed by atoms with Gasteiger partial charge in [0.15, 0.2) is 0 Å². The molecule has 0 aromatic carbocycles. The van der Waals surface area contributed by atoms with Gasteiger partial charge in [-0.1, -0.05) is 6.92 Å². The van der Waals surface area contributed by atoms with Crippen molar-refractivity contribution in [2.75, 3.05) is 0 Å². The van der Waals surface area contributed by atoms with Crippen molar-refractivity contribution >= 4 is 15.2 Å². The maximum atomic E-state index is 12.1. The summed E-state index contributed by atoms with van der Waals surface area (Å²) in [5.41, 5.74) is 0. The molecule has 9 heteroatoms. The van der Waals surface area contributed by atoms with E-state index < -0.39 is 29.6 Å². The van der Waals surface area contributed by atoms with Crippen LogP contribution in [-0.4, -0.2) is 29.6 Å². The first-order chi connectivity index (χ1) is 7.32. The number of hydrogen-bond acceptors (Lipinski definition) is 2. The Hall–Kier alpha value is -0.520. The van der Waals surface area contributed by atoms with Crippen LogP contribution in [0, 0.1) is 0 Å². The molecule has 0 aromatic rings. The van der Waals surface area contributed by atoms with Gasteiger partial charge in [-0.25, -0.2) is 0 Å². The van der Waals surface area contributed by atoms with Crippen molar-refractivity contribution in [3.05, 3.63) is 0 Å². The minimum Gasteiger partial charge on any atom is -0.442 e. The zero-order valence-electron chi connectivity index (χ0n) is 8.95. The minimum absolute atomic E-state index is 0.0267. The predicted octanol–water partition coefficient (Wildman–Crippen LogP) is 3.07. The van der Waals surface area contributed by atoms with Crippen LogP contribution in [0.4, 0.5) is 26.3 Å². The first kappa shape index (κ1) is 16.5. The molecular formula is C8H11F6O2P. The molecule has 0 radical (unpaired) electrons. The summed E-state index contributed by atoms with van der Waals surface area (Å²) in [5, 5.41) is -1.48. The SMILES string of the molecule is CCC(C)(P)C(=O)OC(C(F)(F)F)C(F)(F)F. The van der Waals surface area contributed by atoms with Gasteiger partial charge in [0.1, 0.15) is 0 Å². The summed E-state index contributed by atoms with van der Waals surface area (Å²) >= 11 is 0. The van der Waals surface area contributed by atoms with Crippen molar-refractivity contribution in [3.8, 4) is 0 Å². The molecule has 17 heavy (non-hydrogen) atoms. The Bertz CT molecular complexity index is 269. The Balaban J connectivity index is 4.99. The average Bonchev–Trinajstić information content (AvgIpc) is 2.09. The van der Waals surface area contributed by atoms with Gasteiger partial charge in [-0.3, -0.25) is 4.79 Å². The molecule has 0 aliphatic heterocycles. The molecule has 0 saturated heterocycles. The number of halogens is 6. The second kappa shape index (κ2) is 5.00. The Morgan fingerprint density at radius 3 is 1.76 bits per heavy atom. The number of rotatable bonds is 3. The highest BCUT2D eigenvalue weighted by Crippen LogP contribution is 2.37. The highest BCUT2D eigenvalue weighted by molar-refractivity contribution is 7.20. The molecule has 0 amide bonds. The lowest BCUT2D eigenvalue weighted by molar-refractivity contribution is -0.313. The van der Waals surface area contributed by atoms with Crippen molar-refractivity contribution < 1.29 is 35.9 Å². The zero-order chi connectivity index (χ0) is 14.1. The Kier molecular flexibility index (Phi) is 4.85. The van der Waals surface area contributed by atoms with Crippen LogP contribution in [0.25, 0.3) is 0 Å². The lowest BCUT2D eigenvalue weighted by Gasteiger charge is -2.27. The van der Waals surface area contributed by atoms with Crippen LogP contribution in [-0.2, 0) is 9.53 Å².